The van der Waals surface area contributed by atoms with E-state index in [-0.39, 0.29) is 11.4 Å². The zero-order valence-electron chi connectivity index (χ0n) is 16.1. The lowest BCUT2D eigenvalue weighted by molar-refractivity contribution is 0.0975. The first kappa shape index (κ1) is 19.4. The number of anilines is 1. The molecule has 2 amide bonds. The SMILES string of the molecule is CC(OC(=O)NC(C)(C)C)c1nc(C(=O)N2CCCc3ccccc32)cs1. The zero-order valence-corrected chi connectivity index (χ0v) is 16.9. The van der Waals surface area contributed by atoms with Crippen molar-refractivity contribution in [3.8, 4) is 0 Å². The number of hydrogen-bond acceptors (Lipinski definition) is 5. The fourth-order valence-electron chi connectivity index (χ4n) is 3.00. The monoisotopic (exact) mass is 387 g/mol. The van der Waals surface area contributed by atoms with Crippen LogP contribution < -0.4 is 10.2 Å². The molecule has 0 saturated heterocycles. The van der Waals surface area contributed by atoms with Gasteiger partial charge >= 0.3 is 6.09 Å². The number of thiazole rings is 1. The Bertz CT molecular complexity index is 841. The number of ether oxygens (including phenoxy) is 1. The number of rotatable bonds is 3. The molecule has 1 atom stereocenters. The van der Waals surface area contributed by atoms with Gasteiger partial charge in [-0.25, -0.2) is 9.78 Å². The van der Waals surface area contributed by atoms with Gasteiger partial charge in [0.1, 0.15) is 10.7 Å². The molecule has 144 valence electrons. The third-order valence-electron chi connectivity index (χ3n) is 4.21. The quantitative estimate of drug-likeness (QED) is 0.851. The number of nitrogens with zero attached hydrogens (tertiary/aromatic N) is 2. The second-order valence-corrected chi connectivity index (χ2v) is 8.57. The molecular weight excluding hydrogens is 362 g/mol. The summed E-state index contributed by atoms with van der Waals surface area (Å²) in [6.07, 6.45) is 0.901. The van der Waals surface area contributed by atoms with Crippen LogP contribution in [0.5, 0.6) is 0 Å². The standard InChI is InChI=1S/C20H25N3O3S/c1-13(26-19(25)22-20(2,3)4)17-21-15(12-27-17)18(24)23-11-7-9-14-8-5-6-10-16(14)23/h5-6,8,10,12-13H,7,9,11H2,1-4H3,(H,22,25). The first-order valence-electron chi connectivity index (χ1n) is 9.08. The highest BCUT2D eigenvalue weighted by Crippen LogP contribution is 2.29. The number of hydrogen-bond donors (Lipinski definition) is 1. The Kier molecular flexibility index (Phi) is 5.51. The van der Waals surface area contributed by atoms with Gasteiger partial charge in [0.25, 0.3) is 5.91 Å². The summed E-state index contributed by atoms with van der Waals surface area (Å²) >= 11 is 1.33. The summed E-state index contributed by atoms with van der Waals surface area (Å²) in [5, 5.41) is 5.09. The van der Waals surface area contributed by atoms with E-state index in [0.717, 1.165) is 18.5 Å². The predicted molar refractivity (Wildman–Crippen MR) is 106 cm³/mol. The molecule has 1 aromatic carbocycles. The third kappa shape index (κ3) is 4.66. The summed E-state index contributed by atoms with van der Waals surface area (Å²) in [4.78, 5) is 31.1. The topological polar surface area (TPSA) is 71.5 Å². The van der Waals surface area contributed by atoms with Crippen LogP contribution in [-0.2, 0) is 11.2 Å². The zero-order chi connectivity index (χ0) is 19.6. The Balaban J connectivity index is 1.71. The molecule has 0 fully saturated rings. The highest BCUT2D eigenvalue weighted by Gasteiger charge is 2.26. The van der Waals surface area contributed by atoms with Crippen LogP contribution in [0.4, 0.5) is 10.5 Å². The predicted octanol–water partition coefficient (Wildman–Crippen LogP) is 4.32. The van der Waals surface area contributed by atoms with Crippen molar-refractivity contribution in [2.45, 2.75) is 52.2 Å². The highest BCUT2D eigenvalue weighted by molar-refractivity contribution is 7.09. The van der Waals surface area contributed by atoms with E-state index in [1.54, 1.807) is 17.2 Å². The van der Waals surface area contributed by atoms with Crippen molar-refractivity contribution in [1.82, 2.24) is 10.3 Å². The molecule has 1 aromatic heterocycles. The van der Waals surface area contributed by atoms with Crippen LogP contribution in [0.25, 0.3) is 0 Å². The van der Waals surface area contributed by atoms with Crippen LogP contribution in [-0.4, -0.2) is 29.1 Å². The molecule has 2 heterocycles. The van der Waals surface area contributed by atoms with Crippen molar-refractivity contribution in [1.29, 1.82) is 0 Å². The molecular formula is C20H25N3O3S. The number of carbonyl (C=O) groups excluding carboxylic acids is 2. The van der Waals surface area contributed by atoms with E-state index in [0.29, 0.717) is 17.2 Å². The Morgan fingerprint density at radius 3 is 2.78 bits per heavy atom. The largest absolute Gasteiger partial charge is 0.439 e. The van der Waals surface area contributed by atoms with Gasteiger partial charge in [0.2, 0.25) is 0 Å². The van der Waals surface area contributed by atoms with Gasteiger partial charge in [-0.15, -0.1) is 11.3 Å². The molecule has 0 bridgehead atoms. The Morgan fingerprint density at radius 1 is 1.30 bits per heavy atom. The minimum atomic E-state index is -0.521. The molecule has 0 radical (unpaired) electrons. The molecule has 1 N–H and O–H groups in total. The maximum atomic E-state index is 13.0. The van der Waals surface area contributed by atoms with Crippen molar-refractivity contribution in [2.24, 2.45) is 0 Å². The summed E-state index contributed by atoms with van der Waals surface area (Å²) in [6, 6.07) is 7.98. The van der Waals surface area contributed by atoms with Crippen molar-refractivity contribution >= 4 is 29.0 Å². The van der Waals surface area contributed by atoms with E-state index in [4.69, 9.17) is 4.74 Å². The van der Waals surface area contributed by atoms with Crippen LogP contribution in [0, 0.1) is 0 Å². The fraction of sp³-hybridized carbons (Fsp3) is 0.450. The molecule has 0 aliphatic carbocycles. The average Bonchev–Trinajstić information content (AvgIpc) is 3.09. The number of amides is 2. The van der Waals surface area contributed by atoms with Gasteiger partial charge in [-0.05, 0) is 52.2 Å². The van der Waals surface area contributed by atoms with E-state index < -0.39 is 12.2 Å². The van der Waals surface area contributed by atoms with Crippen LogP contribution in [0.3, 0.4) is 0 Å². The number of aryl methyl sites for hydroxylation is 1. The molecule has 2 aromatic rings. The van der Waals surface area contributed by atoms with Crippen molar-refractivity contribution in [2.75, 3.05) is 11.4 Å². The van der Waals surface area contributed by atoms with Gasteiger partial charge in [0.05, 0.1) is 0 Å². The molecule has 7 heteroatoms. The third-order valence-corrected chi connectivity index (χ3v) is 5.21. The van der Waals surface area contributed by atoms with Crippen LogP contribution in [0.2, 0.25) is 0 Å². The van der Waals surface area contributed by atoms with Gasteiger partial charge in [0, 0.05) is 23.2 Å². The van der Waals surface area contributed by atoms with Crippen LogP contribution >= 0.6 is 11.3 Å². The maximum absolute atomic E-state index is 13.0. The summed E-state index contributed by atoms with van der Waals surface area (Å²) in [5.41, 5.74) is 2.15. The fourth-order valence-corrected chi connectivity index (χ4v) is 3.78. The number of nitrogens with one attached hydrogen (secondary N) is 1. The molecule has 6 nitrogen and oxygen atoms in total. The van der Waals surface area contributed by atoms with Crippen molar-refractivity contribution < 1.29 is 14.3 Å². The van der Waals surface area contributed by atoms with E-state index in [1.807, 2.05) is 39.0 Å². The molecule has 27 heavy (non-hydrogen) atoms. The second kappa shape index (κ2) is 7.68. The van der Waals surface area contributed by atoms with Gasteiger partial charge in [-0.1, -0.05) is 18.2 Å². The number of para-hydroxylation sites is 1. The number of benzene rings is 1. The van der Waals surface area contributed by atoms with Crippen molar-refractivity contribution in [3.63, 3.8) is 0 Å². The summed E-state index contributed by atoms with van der Waals surface area (Å²) < 4.78 is 5.38. The van der Waals surface area contributed by atoms with Gasteiger partial charge in [0.15, 0.2) is 6.10 Å². The van der Waals surface area contributed by atoms with Crippen LogP contribution in [0.15, 0.2) is 29.6 Å². The van der Waals surface area contributed by atoms with E-state index >= 15 is 0 Å². The minimum absolute atomic E-state index is 0.115. The number of alkyl carbamates (subject to hydrolysis) is 1. The molecule has 0 saturated carbocycles. The number of carbonyl (C=O) groups is 2. The molecule has 1 aliphatic heterocycles. The van der Waals surface area contributed by atoms with Crippen molar-refractivity contribution in [3.05, 3.63) is 45.9 Å². The van der Waals surface area contributed by atoms with E-state index in [9.17, 15) is 9.59 Å². The second-order valence-electron chi connectivity index (χ2n) is 7.68. The maximum Gasteiger partial charge on any atom is 0.408 e. The Morgan fingerprint density at radius 2 is 2.04 bits per heavy atom. The number of aromatic nitrogens is 1. The summed E-state index contributed by atoms with van der Waals surface area (Å²) in [6.45, 7) is 8.09. The first-order chi connectivity index (χ1) is 12.7. The first-order valence-corrected chi connectivity index (χ1v) is 9.96. The van der Waals surface area contributed by atoms with E-state index in [1.165, 1.54) is 16.9 Å². The lowest BCUT2D eigenvalue weighted by atomic mass is 10.0. The van der Waals surface area contributed by atoms with Gasteiger partial charge in [-0.3, -0.25) is 4.79 Å². The molecule has 1 aliphatic rings. The lowest BCUT2D eigenvalue weighted by Crippen LogP contribution is -2.41. The van der Waals surface area contributed by atoms with Gasteiger partial charge < -0.3 is 15.0 Å². The normalized spacial score (nSPS) is 15.0. The van der Waals surface area contributed by atoms with Gasteiger partial charge in [-0.2, -0.15) is 0 Å². The number of fused-ring (bicyclic) bond motifs is 1. The summed E-state index contributed by atoms with van der Waals surface area (Å²) in [5.74, 6) is -0.115. The molecule has 0 spiro atoms. The Labute approximate surface area is 163 Å². The average molecular weight is 388 g/mol. The highest BCUT2D eigenvalue weighted by atomic mass is 32.1. The smallest absolute Gasteiger partial charge is 0.408 e. The minimum Gasteiger partial charge on any atom is -0.439 e. The molecule has 1 unspecified atom stereocenters. The molecule has 3 rings (SSSR count). The van der Waals surface area contributed by atoms with E-state index in [2.05, 4.69) is 16.4 Å². The summed E-state index contributed by atoms with van der Waals surface area (Å²) in [7, 11) is 0. The lowest BCUT2D eigenvalue weighted by Gasteiger charge is -2.28. The Hall–Kier alpha value is -2.41. The van der Waals surface area contributed by atoms with Crippen LogP contribution in [0.1, 0.15) is 61.3 Å².